The van der Waals surface area contributed by atoms with Crippen LogP contribution in [0.3, 0.4) is 0 Å². The molecule has 18 heavy (non-hydrogen) atoms. The molecule has 1 aliphatic rings. The minimum absolute atomic E-state index is 0.0824. The molecule has 0 saturated carbocycles. The van der Waals surface area contributed by atoms with Crippen molar-refractivity contribution in [1.82, 2.24) is 14.9 Å². The number of halogens is 1. The van der Waals surface area contributed by atoms with Crippen LogP contribution in [0.1, 0.15) is 13.8 Å². The second-order valence-electron chi connectivity index (χ2n) is 5.19. The largest absolute Gasteiger partial charge is 0.338 e. The van der Waals surface area contributed by atoms with E-state index in [1.54, 1.807) is 0 Å². The van der Waals surface area contributed by atoms with Crippen LogP contribution in [0.25, 0.3) is 0 Å². The Hall–Kier alpha value is -0.470. The summed E-state index contributed by atoms with van der Waals surface area (Å²) in [6.07, 6.45) is 3.72. The Morgan fingerprint density at radius 2 is 1.78 bits per heavy atom. The van der Waals surface area contributed by atoms with Crippen molar-refractivity contribution in [2.75, 3.05) is 37.6 Å². The molecule has 0 aliphatic carbocycles. The standard InChI is InChI=1S/C12H20IN5/c1-12(2,9-14)18-5-3-17(4-6-18)11-15-7-10(13)8-16-11/h7-8H,3-6,9,14H2,1-2H3. The van der Waals surface area contributed by atoms with Crippen molar-refractivity contribution in [3.05, 3.63) is 16.0 Å². The van der Waals surface area contributed by atoms with Gasteiger partial charge in [0.1, 0.15) is 0 Å². The number of nitrogens with two attached hydrogens (primary N) is 1. The van der Waals surface area contributed by atoms with Crippen molar-refractivity contribution in [1.29, 1.82) is 0 Å². The predicted octanol–water partition coefficient (Wildman–Crippen LogP) is 0.940. The summed E-state index contributed by atoms with van der Waals surface area (Å²) in [4.78, 5) is 13.4. The molecule has 0 radical (unpaired) electrons. The SMILES string of the molecule is CC(C)(CN)N1CCN(c2ncc(I)cn2)CC1. The van der Waals surface area contributed by atoms with Gasteiger partial charge in [-0.05, 0) is 36.4 Å². The van der Waals surface area contributed by atoms with Gasteiger partial charge in [0.25, 0.3) is 0 Å². The first-order chi connectivity index (χ1) is 8.53. The third-order valence-electron chi connectivity index (χ3n) is 3.52. The van der Waals surface area contributed by atoms with Crippen molar-refractivity contribution < 1.29 is 0 Å². The van der Waals surface area contributed by atoms with Gasteiger partial charge in [0, 0.05) is 54.2 Å². The fourth-order valence-electron chi connectivity index (χ4n) is 2.11. The summed E-state index contributed by atoms with van der Waals surface area (Å²) in [6.45, 7) is 9.04. The molecule has 5 nitrogen and oxygen atoms in total. The number of hydrogen-bond acceptors (Lipinski definition) is 5. The number of hydrogen-bond donors (Lipinski definition) is 1. The van der Waals surface area contributed by atoms with Crippen molar-refractivity contribution >= 4 is 28.5 Å². The van der Waals surface area contributed by atoms with Crippen molar-refractivity contribution in [3.8, 4) is 0 Å². The first kappa shape index (κ1) is 14.0. The minimum Gasteiger partial charge on any atom is -0.338 e. The fourth-order valence-corrected chi connectivity index (χ4v) is 2.39. The maximum absolute atomic E-state index is 5.82. The van der Waals surface area contributed by atoms with Gasteiger partial charge in [-0.1, -0.05) is 0 Å². The van der Waals surface area contributed by atoms with E-state index in [1.165, 1.54) is 0 Å². The van der Waals surface area contributed by atoms with Gasteiger partial charge in [0.15, 0.2) is 0 Å². The molecule has 2 heterocycles. The van der Waals surface area contributed by atoms with Crippen LogP contribution in [-0.2, 0) is 0 Å². The zero-order valence-corrected chi connectivity index (χ0v) is 13.1. The minimum atomic E-state index is 0.0824. The third-order valence-corrected chi connectivity index (χ3v) is 4.08. The van der Waals surface area contributed by atoms with E-state index in [0.29, 0.717) is 6.54 Å². The maximum atomic E-state index is 5.82. The van der Waals surface area contributed by atoms with E-state index in [0.717, 1.165) is 35.7 Å². The predicted molar refractivity (Wildman–Crippen MR) is 81.7 cm³/mol. The number of aromatic nitrogens is 2. The van der Waals surface area contributed by atoms with Gasteiger partial charge in [0.2, 0.25) is 5.95 Å². The first-order valence-corrected chi connectivity index (χ1v) is 7.28. The lowest BCUT2D eigenvalue weighted by Crippen LogP contribution is -2.57. The molecule has 0 bridgehead atoms. The molecular formula is C12H20IN5. The molecule has 1 fully saturated rings. The first-order valence-electron chi connectivity index (χ1n) is 6.20. The van der Waals surface area contributed by atoms with Gasteiger partial charge in [0.05, 0.1) is 0 Å². The summed E-state index contributed by atoms with van der Waals surface area (Å²) >= 11 is 2.22. The van der Waals surface area contributed by atoms with E-state index in [-0.39, 0.29) is 5.54 Å². The van der Waals surface area contributed by atoms with Crippen LogP contribution in [0.4, 0.5) is 5.95 Å². The second-order valence-corrected chi connectivity index (χ2v) is 6.44. The molecule has 1 aliphatic heterocycles. The highest BCUT2D eigenvalue weighted by Gasteiger charge is 2.29. The van der Waals surface area contributed by atoms with Crippen LogP contribution in [0.5, 0.6) is 0 Å². The number of rotatable bonds is 3. The molecular weight excluding hydrogens is 341 g/mol. The van der Waals surface area contributed by atoms with Crippen molar-refractivity contribution in [3.63, 3.8) is 0 Å². The van der Waals surface area contributed by atoms with Crippen LogP contribution in [0, 0.1) is 3.57 Å². The summed E-state index contributed by atoms with van der Waals surface area (Å²) in [5.41, 5.74) is 5.90. The van der Waals surface area contributed by atoms with E-state index in [1.807, 2.05) is 12.4 Å². The Balaban J connectivity index is 1.96. The summed E-state index contributed by atoms with van der Waals surface area (Å²) in [5, 5.41) is 0. The average Bonchev–Trinajstić information content (AvgIpc) is 2.40. The highest BCUT2D eigenvalue weighted by atomic mass is 127. The Morgan fingerprint density at radius 1 is 1.22 bits per heavy atom. The zero-order chi connectivity index (χ0) is 13.2. The van der Waals surface area contributed by atoms with Crippen LogP contribution < -0.4 is 10.6 Å². The van der Waals surface area contributed by atoms with Gasteiger partial charge in [-0.2, -0.15) is 0 Å². The van der Waals surface area contributed by atoms with Crippen LogP contribution in [0.15, 0.2) is 12.4 Å². The Bertz CT molecular complexity index is 384. The quantitative estimate of drug-likeness (QED) is 0.813. The normalized spacial score (nSPS) is 18.1. The van der Waals surface area contributed by atoms with Crippen LogP contribution >= 0.6 is 22.6 Å². The molecule has 6 heteroatoms. The van der Waals surface area contributed by atoms with Gasteiger partial charge >= 0.3 is 0 Å². The molecule has 2 rings (SSSR count). The zero-order valence-electron chi connectivity index (χ0n) is 10.9. The fraction of sp³-hybridized carbons (Fsp3) is 0.667. The number of piperazine rings is 1. The van der Waals surface area contributed by atoms with Crippen molar-refractivity contribution in [2.24, 2.45) is 5.73 Å². The summed E-state index contributed by atoms with van der Waals surface area (Å²) in [7, 11) is 0. The van der Waals surface area contributed by atoms with E-state index in [9.17, 15) is 0 Å². The molecule has 100 valence electrons. The molecule has 0 atom stereocenters. The monoisotopic (exact) mass is 361 g/mol. The lowest BCUT2D eigenvalue weighted by atomic mass is 10.0. The highest BCUT2D eigenvalue weighted by molar-refractivity contribution is 14.1. The lowest BCUT2D eigenvalue weighted by Gasteiger charge is -2.43. The molecule has 0 spiro atoms. The van der Waals surface area contributed by atoms with Gasteiger partial charge < -0.3 is 10.6 Å². The molecule has 2 N–H and O–H groups in total. The summed E-state index contributed by atoms with van der Waals surface area (Å²) in [6, 6.07) is 0. The van der Waals surface area contributed by atoms with Crippen LogP contribution in [0.2, 0.25) is 0 Å². The summed E-state index contributed by atoms with van der Waals surface area (Å²) < 4.78 is 1.07. The molecule has 1 saturated heterocycles. The van der Waals surface area contributed by atoms with Crippen LogP contribution in [-0.4, -0.2) is 53.1 Å². The Kier molecular flexibility index (Phi) is 4.39. The Morgan fingerprint density at radius 3 is 2.28 bits per heavy atom. The molecule has 0 unspecified atom stereocenters. The molecule has 0 aromatic carbocycles. The smallest absolute Gasteiger partial charge is 0.225 e. The van der Waals surface area contributed by atoms with Gasteiger partial charge in [-0.3, -0.25) is 4.90 Å². The van der Waals surface area contributed by atoms with E-state index < -0.39 is 0 Å². The molecule has 1 aromatic heterocycles. The second kappa shape index (κ2) is 5.66. The number of anilines is 1. The van der Waals surface area contributed by atoms with E-state index in [4.69, 9.17) is 5.73 Å². The molecule has 0 amide bonds. The third kappa shape index (κ3) is 3.10. The molecule has 1 aromatic rings. The van der Waals surface area contributed by atoms with Crippen molar-refractivity contribution in [2.45, 2.75) is 19.4 Å². The number of nitrogens with zero attached hydrogens (tertiary/aromatic N) is 4. The maximum Gasteiger partial charge on any atom is 0.225 e. The van der Waals surface area contributed by atoms with Gasteiger partial charge in [-0.25, -0.2) is 9.97 Å². The summed E-state index contributed by atoms with van der Waals surface area (Å²) in [5.74, 6) is 0.834. The Labute approximate surface area is 122 Å². The van der Waals surface area contributed by atoms with E-state index >= 15 is 0 Å². The topological polar surface area (TPSA) is 58.3 Å². The average molecular weight is 361 g/mol. The highest BCUT2D eigenvalue weighted by Crippen LogP contribution is 2.18. The van der Waals surface area contributed by atoms with E-state index in [2.05, 4.69) is 56.2 Å². The lowest BCUT2D eigenvalue weighted by molar-refractivity contribution is 0.118. The van der Waals surface area contributed by atoms with Gasteiger partial charge in [-0.15, -0.1) is 0 Å².